The fraction of sp³-hybridized carbons (Fsp3) is 0.130. The highest BCUT2D eigenvalue weighted by molar-refractivity contribution is 6.30. The van der Waals surface area contributed by atoms with Crippen LogP contribution in [0.25, 0.3) is 0 Å². The predicted molar refractivity (Wildman–Crippen MR) is 112 cm³/mol. The molecule has 0 saturated heterocycles. The Morgan fingerprint density at radius 3 is 2.03 bits per heavy atom. The average Bonchev–Trinajstić information content (AvgIpc) is 2.74. The van der Waals surface area contributed by atoms with Gasteiger partial charge in [0.2, 0.25) is 5.60 Å². The zero-order valence-electron chi connectivity index (χ0n) is 15.8. The molecular weight excluding hydrogens is 390 g/mol. The molecule has 0 bridgehead atoms. The molecule has 3 aromatic rings. The lowest BCUT2D eigenvalue weighted by molar-refractivity contribution is -0.163. The molecule has 0 fully saturated rings. The summed E-state index contributed by atoms with van der Waals surface area (Å²) in [5, 5.41) is 14.5. The van der Waals surface area contributed by atoms with Crippen molar-refractivity contribution in [2.45, 2.75) is 12.5 Å². The molecule has 2 N–H and O–H groups in total. The summed E-state index contributed by atoms with van der Waals surface area (Å²) in [5.41, 5.74) is 0.0216. The molecule has 1 amide bonds. The monoisotopic (exact) mass is 409 g/mol. The maximum absolute atomic E-state index is 12.9. The molecule has 29 heavy (non-hydrogen) atoms. The van der Waals surface area contributed by atoms with E-state index in [1.807, 2.05) is 0 Å². The number of hydrogen-bond acceptors (Lipinski definition) is 4. The number of rotatable bonds is 6. The van der Waals surface area contributed by atoms with Crippen LogP contribution in [0.4, 0.5) is 5.69 Å². The molecule has 148 valence electrons. The molecule has 0 aliphatic carbocycles. The molecule has 0 aromatic heterocycles. The highest BCUT2D eigenvalue weighted by Gasteiger charge is 2.41. The Hall–Kier alpha value is -3.15. The standard InChI is InChI=1S/C23H20ClNO4/c1-16-14-19(24)12-13-20(16)25-21(26)15-29-22(27)23(28,17-8-4-2-5-9-17)18-10-6-3-7-11-18/h2-14,28H,15H2,1H3,(H,25,26). The van der Waals surface area contributed by atoms with E-state index in [0.29, 0.717) is 21.8 Å². The van der Waals surface area contributed by atoms with E-state index in [1.165, 1.54) is 0 Å². The van der Waals surface area contributed by atoms with Crippen LogP contribution >= 0.6 is 11.6 Å². The van der Waals surface area contributed by atoms with Crippen LogP contribution in [0.5, 0.6) is 0 Å². The number of ether oxygens (including phenoxy) is 1. The van der Waals surface area contributed by atoms with Crippen molar-refractivity contribution in [3.63, 3.8) is 0 Å². The molecule has 0 atom stereocenters. The van der Waals surface area contributed by atoms with E-state index in [2.05, 4.69) is 5.32 Å². The number of nitrogens with one attached hydrogen (secondary N) is 1. The van der Waals surface area contributed by atoms with E-state index >= 15 is 0 Å². The minimum absolute atomic E-state index is 0.352. The first-order chi connectivity index (χ1) is 13.9. The molecule has 0 radical (unpaired) electrons. The Morgan fingerprint density at radius 1 is 0.966 bits per heavy atom. The zero-order valence-corrected chi connectivity index (χ0v) is 16.5. The highest BCUT2D eigenvalue weighted by Crippen LogP contribution is 2.31. The van der Waals surface area contributed by atoms with Gasteiger partial charge in [0.15, 0.2) is 6.61 Å². The van der Waals surface area contributed by atoms with Gasteiger partial charge in [-0.25, -0.2) is 4.79 Å². The van der Waals surface area contributed by atoms with Crippen molar-refractivity contribution < 1.29 is 19.4 Å². The van der Waals surface area contributed by atoms with Crippen LogP contribution in [-0.4, -0.2) is 23.6 Å². The minimum atomic E-state index is -2.03. The lowest BCUT2D eigenvalue weighted by Crippen LogP contribution is -2.39. The first kappa shape index (κ1) is 20.6. The van der Waals surface area contributed by atoms with Crippen LogP contribution in [0.1, 0.15) is 16.7 Å². The SMILES string of the molecule is Cc1cc(Cl)ccc1NC(=O)COC(=O)C(O)(c1ccccc1)c1ccccc1. The van der Waals surface area contributed by atoms with Crippen molar-refractivity contribution in [2.24, 2.45) is 0 Å². The topological polar surface area (TPSA) is 75.6 Å². The van der Waals surface area contributed by atoms with E-state index in [-0.39, 0.29) is 0 Å². The van der Waals surface area contributed by atoms with Gasteiger partial charge in [0.05, 0.1) is 0 Å². The van der Waals surface area contributed by atoms with Gasteiger partial charge in [-0.1, -0.05) is 72.3 Å². The van der Waals surface area contributed by atoms with Gasteiger partial charge in [-0.15, -0.1) is 0 Å². The Bertz CT molecular complexity index is 966. The third-order valence-corrected chi connectivity index (χ3v) is 4.71. The summed E-state index contributed by atoms with van der Waals surface area (Å²) in [4.78, 5) is 25.1. The lowest BCUT2D eigenvalue weighted by Gasteiger charge is -2.27. The molecule has 0 aliphatic heterocycles. The number of halogens is 1. The van der Waals surface area contributed by atoms with E-state index in [1.54, 1.807) is 85.8 Å². The average molecular weight is 410 g/mol. The number of benzene rings is 3. The van der Waals surface area contributed by atoms with Crippen LogP contribution < -0.4 is 5.32 Å². The zero-order chi connectivity index (χ0) is 20.9. The van der Waals surface area contributed by atoms with Crippen molar-refractivity contribution in [2.75, 3.05) is 11.9 Å². The summed E-state index contributed by atoms with van der Waals surface area (Å²) in [7, 11) is 0. The summed E-state index contributed by atoms with van der Waals surface area (Å²) in [5.74, 6) is -1.45. The Morgan fingerprint density at radius 2 is 1.52 bits per heavy atom. The number of aryl methyl sites for hydroxylation is 1. The predicted octanol–water partition coefficient (Wildman–Crippen LogP) is 4.07. The van der Waals surface area contributed by atoms with Gasteiger partial charge in [0.25, 0.3) is 5.91 Å². The van der Waals surface area contributed by atoms with Gasteiger partial charge in [-0.3, -0.25) is 4.79 Å². The molecule has 6 heteroatoms. The maximum Gasteiger partial charge on any atom is 0.348 e. The quantitative estimate of drug-likeness (QED) is 0.602. The van der Waals surface area contributed by atoms with Crippen LogP contribution in [-0.2, 0) is 19.9 Å². The number of anilines is 1. The molecule has 0 heterocycles. The van der Waals surface area contributed by atoms with E-state index < -0.39 is 24.1 Å². The van der Waals surface area contributed by atoms with Crippen molar-refractivity contribution in [1.29, 1.82) is 0 Å². The number of carbonyl (C=O) groups is 2. The number of carbonyl (C=O) groups excluding carboxylic acids is 2. The van der Waals surface area contributed by atoms with Crippen LogP contribution in [0.3, 0.4) is 0 Å². The van der Waals surface area contributed by atoms with Crippen molar-refractivity contribution in [3.8, 4) is 0 Å². The Balaban J connectivity index is 1.76. The van der Waals surface area contributed by atoms with Gasteiger partial charge in [0.1, 0.15) is 0 Å². The van der Waals surface area contributed by atoms with Crippen LogP contribution in [0.2, 0.25) is 5.02 Å². The number of hydrogen-bond donors (Lipinski definition) is 2. The number of esters is 1. The normalized spacial score (nSPS) is 11.0. The van der Waals surface area contributed by atoms with E-state index in [0.717, 1.165) is 5.56 Å². The largest absolute Gasteiger partial charge is 0.453 e. The second-order valence-electron chi connectivity index (χ2n) is 6.53. The molecule has 3 aromatic carbocycles. The first-order valence-corrected chi connectivity index (χ1v) is 9.35. The van der Waals surface area contributed by atoms with E-state index in [4.69, 9.17) is 16.3 Å². The summed E-state index contributed by atoms with van der Waals surface area (Å²) in [6, 6.07) is 22.0. The first-order valence-electron chi connectivity index (χ1n) is 8.98. The van der Waals surface area contributed by atoms with Crippen molar-refractivity contribution in [1.82, 2.24) is 0 Å². The summed E-state index contributed by atoms with van der Waals surface area (Å²) in [6.45, 7) is 1.26. The molecule has 0 unspecified atom stereocenters. The molecule has 5 nitrogen and oxygen atoms in total. The molecule has 0 saturated carbocycles. The van der Waals surface area contributed by atoms with Gasteiger partial charge in [-0.05, 0) is 41.8 Å². The fourth-order valence-corrected chi connectivity index (χ4v) is 3.18. The van der Waals surface area contributed by atoms with Crippen molar-refractivity contribution in [3.05, 3.63) is 101 Å². The summed E-state index contributed by atoms with van der Waals surface area (Å²) < 4.78 is 5.19. The third kappa shape index (κ3) is 4.65. The smallest absolute Gasteiger partial charge is 0.348 e. The fourth-order valence-electron chi connectivity index (χ4n) is 2.95. The second-order valence-corrected chi connectivity index (χ2v) is 6.96. The number of amides is 1. The summed E-state index contributed by atoms with van der Waals surface area (Å²) in [6.07, 6.45) is 0. The minimum Gasteiger partial charge on any atom is -0.453 e. The lowest BCUT2D eigenvalue weighted by atomic mass is 9.86. The third-order valence-electron chi connectivity index (χ3n) is 4.48. The Labute approximate surface area is 173 Å². The molecular formula is C23H20ClNO4. The van der Waals surface area contributed by atoms with Crippen LogP contribution in [0, 0.1) is 6.92 Å². The molecule has 3 rings (SSSR count). The van der Waals surface area contributed by atoms with Gasteiger partial charge in [-0.2, -0.15) is 0 Å². The highest BCUT2D eigenvalue weighted by atomic mass is 35.5. The molecule has 0 aliphatic rings. The van der Waals surface area contributed by atoms with Gasteiger partial charge >= 0.3 is 5.97 Å². The van der Waals surface area contributed by atoms with Gasteiger partial charge in [0, 0.05) is 10.7 Å². The van der Waals surface area contributed by atoms with E-state index in [9.17, 15) is 14.7 Å². The second kappa shape index (κ2) is 8.90. The maximum atomic E-state index is 12.9. The van der Waals surface area contributed by atoms with Crippen molar-refractivity contribution >= 4 is 29.2 Å². The summed E-state index contributed by atoms with van der Waals surface area (Å²) >= 11 is 5.91. The molecule has 0 spiro atoms. The van der Waals surface area contributed by atoms with Crippen LogP contribution in [0.15, 0.2) is 78.9 Å². The Kier molecular flexibility index (Phi) is 6.32. The van der Waals surface area contributed by atoms with Gasteiger partial charge < -0.3 is 15.2 Å². The number of aliphatic hydroxyl groups is 1.